The fraction of sp³-hybridized carbons (Fsp3) is 0.444. The van der Waals surface area contributed by atoms with Crippen LogP contribution in [-0.2, 0) is 35.3 Å². The molecule has 2 amide bonds. The SMILES string of the molecule is O=C(COC1CC(CNc2ccccn2)N(OC(=O)OCc2ccccc2)C1)NCC(NC(=O)C1CC1)C(=O)O. The van der Waals surface area contributed by atoms with E-state index in [9.17, 15) is 24.3 Å². The van der Waals surface area contributed by atoms with Crippen molar-refractivity contribution >= 4 is 29.8 Å². The van der Waals surface area contributed by atoms with Crippen molar-refractivity contribution in [2.45, 2.75) is 44.1 Å². The first-order chi connectivity index (χ1) is 19.4. The van der Waals surface area contributed by atoms with Crippen LogP contribution in [0, 0.1) is 5.92 Å². The summed E-state index contributed by atoms with van der Waals surface area (Å²) in [6.07, 6.45) is 2.26. The summed E-state index contributed by atoms with van der Waals surface area (Å²) in [5.74, 6) is -1.58. The van der Waals surface area contributed by atoms with E-state index < -0.39 is 30.2 Å². The van der Waals surface area contributed by atoms with E-state index in [0.29, 0.717) is 18.8 Å². The van der Waals surface area contributed by atoms with Gasteiger partial charge in [-0.1, -0.05) is 36.4 Å². The van der Waals surface area contributed by atoms with Crippen molar-refractivity contribution < 1.29 is 38.6 Å². The van der Waals surface area contributed by atoms with E-state index >= 15 is 0 Å². The minimum Gasteiger partial charge on any atom is -0.480 e. The normalized spacial score (nSPS) is 19.3. The Morgan fingerprint density at radius 1 is 1.07 bits per heavy atom. The molecule has 2 aromatic rings. The number of nitrogens with one attached hydrogen (secondary N) is 3. The lowest BCUT2D eigenvalue weighted by molar-refractivity contribution is -0.144. The van der Waals surface area contributed by atoms with Crippen molar-refractivity contribution in [3.8, 4) is 0 Å². The number of carbonyl (C=O) groups is 4. The second kappa shape index (κ2) is 14.2. The lowest BCUT2D eigenvalue weighted by atomic mass is 10.2. The first-order valence-corrected chi connectivity index (χ1v) is 13.1. The summed E-state index contributed by atoms with van der Waals surface area (Å²) < 4.78 is 11.0. The van der Waals surface area contributed by atoms with Crippen LogP contribution < -0.4 is 16.0 Å². The Morgan fingerprint density at radius 3 is 2.55 bits per heavy atom. The number of hydrogen-bond donors (Lipinski definition) is 4. The van der Waals surface area contributed by atoms with Gasteiger partial charge in [-0.2, -0.15) is 0 Å². The zero-order valence-corrected chi connectivity index (χ0v) is 21.9. The largest absolute Gasteiger partial charge is 0.528 e. The number of hydrogen-bond acceptors (Lipinski definition) is 10. The number of carboxylic acids is 1. The third-order valence-electron chi connectivity index (χ3n) is 6.42. The van der Waals surface area contributed by atoms with Crippen molar-refractivity contribution in [1.29, 1.82) is 0 Å². The average Bonchev–Trinajstić information content (AvgIpc) is 3.75. The second-order valence-corrected chi connectivity index (χ2v) is 9.61. The molecule has 1 saturated carbocycles. The van der Waals surface area contributed by atoms with Gasteiger partial charge in [0.25, 0.3) is 0 Å². The fourth-order valence-electron chi connectivity index (χ4n) is 4.09. The Morgan fingerprint density at radius 2 is 1.85 bits per heavy atom. The van der Waals surface area contributed by atoms with Gasteiger partial charge in [-0.3, -0.25) is 9.59 Å². The molecular weight excluding hydrogens is 522 g/mol. The molecule has 0 radical (unpaired) electrons. The minimum atomic E-state index is -1.24. The zero-order valence-electron chi connectivity index (χ0n) is 21.9. The van der Waals surface area contributed by atoms with Crippen molar-refractivity contribution in [2.24, 2.45) is 5.92 Å². The van der Waals surface area contributed by atoms with Gasteiger partial charge in [-0.25, -0.2) is 14.6 Å². The van der Waals surface area contributed by atoms with E-state index in [1.807, 2.05) is 42.5 Å². The molecule has 0 bridgehead atoms. The Balaban J connectivity index is 1.25. The molecule has 40 heavy (non-hydrogen) atoms. The average molecular weight is 556 g/mol. The van der Waals surface area contributed by atoms with Gasteiger partial charge in [0.15, 0.2) is 0 Å². The van der Waals surface area contributed by atoms with Crippen LogP contribution in [0.25, 0.3) is 0 Å². The van der Waals surface area contributed by atoms with Crippen LogP contribution in [0.4, 0.5) is 10.6 Å². The van der Waals surface area contributed by atoms with Gasteiger partial charge in [-0.05, 0) is 37.0 Å². The molecule has 1 saturated heterocycles. The van der Waals surface area contributed by atoms with Crippen LogP contribution in [-0.4, -0.2) is 83.5 Å². The number of carboxylic acid groups (broad SMARTS) is 1. The van der Waals surface area contributed by atoms with Gasteiger partial charge in [0.1, 0.15) is 25.1 Å². The van der Waals surface area contributed by atoms with E-state index in [-0.39, 0.29) is 44.2 Å². The molecule has 1 aromatic carbocycles. The molecule has 2 aliphatic rings. The van der Waals surface area contributed by atoms with Crippen LogP contribution in [0.5, 0.6) is 0 Å². The Kier molecular flexibility index (Phi) is 10.2. The highest BCUT2D eigenvalue weighted by molar-refractivity contribution is 5.87. The number of carbonyl (C=O) groups excluding carboxylic acids is 3. The second-order valence-electron chi connectivity index (χ2n) is 9.61. The number of benzene rings is 1. The highest BCUT2D eigenvalue weighted by Crippen LogP contribution is 2.28. The summed E-state index contributed by atoms with van der Waals surface area (Å²) in [6.45, 7) is 0.0381. The van der Waals surface area contributed by atoms with Gasteiger partial charge in [0.2, 0.25) is 11.8 Å². The molecule has 2 fully saturated rings. The molecule has 13 heteroatoms. The fourth-order valence-corrected chi connectivity index (χ4v) is 4.09. The number of aliphatic carboxylic acids is 1. The molecule has 1 aliphatic heterocycles. The molecule has 2 heterocycles. The summed E-state index contributed by atoms with van der Waals surface area (Å²) in [5, 5.41) is 18.9. The molecular formula is C27H33N5O8. The zero-order chi connectivity index (χ0) is 28.3. The maximum absolute atomic E-state index is 12.4. The number of anilines is 1. The molecule has 4 N–H and O–H groups in total. The first-order valence-electron chi connectivity index (χ1n) is 13.1. The van der Waals surface area contributed by atoms with Gasteiger partial charge < -0.3 is 35.4 Å². The Hall–Kier alpha value is -4.23. The lowest BCUT2D eigenvalue weighted by Gasteiger charge is -2.22. The summed E-state index contributed by atoms with van der Waals surface area (Å²) >= 11 is 0. The topological polar surface area (TPSA) is 168 Å². The smallest absolute Gasteiger partial charge is 0.480 e. The number of hydroxylamine groups is 2. The lowest BCUT2D eigenvalue weighted by Crippen LogP contribution is -2.49. The van der Waals surface area contributed by atoms with Crippen molar-refractivity contribution in [2.75, 3.05) is 31.6 Å². The van der Waals surface area contributed by atoms with E-state index in [4.69, 9.17) is 14.3 Å². The third kappa shape index (κ3) is 9.20. The molecule has 1 aromatic heterocycles. The summed E-state index contributed by atoms with van der Waals surface area (Å²) in [4.78, 5) is 57.8. The molecule has 3 unspecified atom stereocenters. The van der Waals surface area contributed by atoms with Crippen molar-refractivity contribution in [3.05, 3.63) is 60.3 Å². The Bertz CT molecular complexity index is 1150. The summed E-state index contributed by atoms with van der Waals surface area (Å²) in [7, 11) is 0. The highest BCUT2D eigenvalue weighted by atomic mass is 16.8. The van der Waals surface area contributed by atoms with Crippen LogP contribution in [0.2, 0.25) is 0 Å². The van der Waals surface area contributed by atoms with E-state index in [1.165, 1.54) is 5.06 Å². The van der Waals surface area contributed by atoms with Gasteiger partial charge in [0, 0.05) is 25.2 Å². The number of pyridine rings is 1. The van der Waals surface area contributed by atoms with Crippen molar-refractivity contribution in [1.82, 2.24) is 20.7 Å². The van der Waals surface area contributed by atoms with E-state index in [0.717, 1.165) is 18.4 Å². The Labute approximate surface area is 231 Å². The third-order valence-corrected chi connectivity index (χ3v) is 6.42. The standard InChI is InChI=1S/C27H33N5O8/c33-24(30-14-22(26(35)36)31-25(34)19-9-10-19)17-38-21-12-20(13-29-23-8-4-5-11-28-23)32(15-21)40-27(37)39-16-18-6-2-1-3-7-18/h1-8,11,19-22H,9-10,12-17H2,(H,28,29)(H,30,33)(H,31,34)(H,35,36). The molecule has 3 atom stereocenters. The quantitative estimate of drug-likeness (QED) is 0.248. The van der Waals surface area contributed by atoms with E-state index in [1.54, 1.807) is 12.3 Å². The number of amides is 2. The van der Waals surface area contributed by atoms with Crippen LogP contribution >= 0.6 is 0 Å². The van der Waals surface area contributed by atoms with Crippen LogP contribution in [0.15, 0.2) is 54.7 Å². The summed E-state index contributed by atoms with van der Waals surface area (Å²) in [6, 6.07) is 13.1. The van der Waals surface area contributed by atoms with Crippen LogP contribution in [0.1, 0.15) is 24.8 Å². The number of rotatable bonds is 14. The molecule has 214 valence electrons. The van der Waals surface area contributed by atoms with Gasteiger partial charge in [0.05, 0.1) is 18.7 Å². The predicted octanol–water partition coefficient (Wildman–Crippen LogP) is 1.32. The maximum Gasteiger partial charge on any atom is 0.528 e. The number of nitrogens with zero attached hydrogens (tertiary/aromatic N) is 2. The van der Waals surface area contributed by atoms with Crippen LogP contribution in [0.3, 0.4) is 0 Å². The number of ether oxygens (including phenoxy) is 2. The maximum atomic E-state index is 12.4. The van der Waals surface area contributed by atoms with Crippen molar-refractivity contribution in [3.63, 3.8) is 0 Å². The molecule has 13 nitrogen and oxygen atoms in total. The highest BCUT2D eigenvalue weighted by Gasteiger charge is 2.37. The predicted molar refractivity (Wildman–Crippen MR) is 141 cm³/mol. The number of aromatic nitrogens is 1. The van der Waals surface area contributed by atoms with Gasteiger partial charge in [-0.15, -0.1) is 5.06 Å². The summed E-state index contributed by atoms with van der Waals surface area (Å²) in [5.41, 5.74) is 0.818. The molecule has 1 aliphatic carbocycles. The monoisotopic (exact) mass is 555 g/mol. The molecule has 0 spiro atoms. The first kappa shape index (κ1) is 28.8. The van der Waals surface area contributed by atoms with Gasteiger partial charge >= 0.3 is 12.1 Å². The minimum absolute atomic E-state index is 0.0584. The van der Waals surface area contributed by atoms with E-state index in [2.05, 4.69) is 20.9 Å². The molecule has 4 rings (SSSR count).